The minimum Gasteiger partial charge on any atom is -0.339 e. The van der Waals surface area contributed by atoms with Gasteiger partial charge in [0.2, 0.25) is 0 Å². The molecular weight excluding hydrogens is 328 g/mol. The zero-order valence-electron chi connectivity index (χ0n) is 11.1. The lowest BCUT2D eigenvalue weighted by Gasteiger charge is -2.32. The van der Waals surface area contributed by atoms with Crippen LogP contribution < -0.4 is 5.32 Å². The maximum Gasteiger partial charge on any atom is 0.254 e. The molecule has 0 bridgehead atoms. The third kappa shape index (κ3) is 4.20. The lowest BCUT2D eigenvalue weighted by molar-refractivity contribution is 0.0690. The molecule has 2 rings (SSSR count). The van der Waals surface area contributed by atoms with E-state index in [1.165, 1.54) is 0 Å². The first-order valence-corrected chi connectivity index (χ1v) is 7.20. The molecule has 1 saturated heterocycles. The van der Waals surface area contributed by atoms with E-state index in [0.29, 0.717) is 5.92 Å². The Morgan fingerprint density at radius 3 is 2.58 bits per heavy atom. The summed E-state index contributed by atoms with van der Waals surface area (Å²) in [7, 11) is 1.98. The predicted molar refractivity (Wildman–Crippen MR) is 83.9 cm³/mol. The van der Waals surface area contributed by atoms with Gasteiger partial charge in [0.25, 0.3) is 5.91 Å². The van der Waals surface area contributed by atoms with Crippen molar-refractivity contribution < 1.29 is 4.79 Å². The summed E-state index contributed by atoms with van der Waals surface area (Å²) >= 11 is 3.44. The molecule has 106 valence electrons. The maximum absolute atomic E-state index is 12.4. The van der Waals surface area contributed by atoms with E-state index in [1.54, 1.807) is 0 Å². The molecule has 1 heterocycles. The van der Waals surface area contributed by atoms with Crippen molar-refractivity contribution in [2.24, 2.45) is 5.92 Å². The van der Waals surface area contributed by atoms with Crippen LogP contribution in [0.1, 0.15) is 23.2 Å². The molecule has 1 aromatic carbocycles. The van der Waals surface area contributed by atoms with E-state index in [0.717, 1.165) is 42.5 Å². The van der Waals surface area contributed by atoms with Crippen LogP contribution in [0.25, 0.3) is 0 Å². The zero-order chi connectivity index (χ0) is 13.0. The number of carbonyl (C=O) groups is 1. The van der Waals surface area contributed by atoms with Crippen LogP contribution in [0.4, 0.5) is 0 Å². The van der Waals surface area contributed by atoms with Crippen molar-refractivity contribution in [2.45, 2.75) is 12.8 Å². The molecule has 1 N–H and O–H groups in total. The van der Waals surface area contributed by atoms with Crippen molar-refractivity contribution in [3.05, 3.63) is 34.3 Å². The highest BCUT2D eigenvalue weighted by atomic mass is 79.9. The van der Waals surface area contributed by atoms with E-state index >= 15 is 0 Å². The van der Waals surface area contributed by atoms with Gasteiger partial charge in [-0.15, -0.1) is 12.4 Å². The molecular formula is C14H20BrClN2O. The number of amides is 1. The summed E-state index contributed by atoms with van der Waals surface area (Å²) in [6.07, 6.45) is 2.19. The van der Waals surface area contributed by atoms with Crippen LogP contribution in [0.15, 0.2) is 28.7 Å². The second-order valence-corrected chi connectivity index (χ2v) is 5.63. The first-order valence-electron chi connectivity index (χ1n) is 6.40. The molecule has 1 aliphatic heterocycles. The Labute approximate surface area is 129 Å². The Hall–Kier alpha value is -0.580. The van der Waals surface area contributed by atoms with Gasteiger partial charge >= 0.3 is 0 Å². The van der Waals surface area contributed by atoms with Crippen LogP contribution in [0.5, 0.6) is 0 Å². The van der Waals surface area contributed by atoms with Crippen molar-refractivity contribution in [1.29, 1.82) is 0 Å². The molecule has 1 fully saturated rings. The molecule has 1 aliphatic rings. The summed E-state index contributed by atoms with van der Waals surface area (Å²) in [6.45, 7) is 2.79. The second kappa shape index (κ2) is 7.88. The van der Waals surface area contributed by atoms with E-state index in [4.69, 9.17) is 0 Å². The Morgan fingerprint density at radius 1 is 1.37 bits per heavy atom. The second-order valence-electron chi connectivity index (χ2n) is 4.77. The number of nitrogens with one attached hydrogen (secondary N) is 1. The van der Waals surface area contributed by atoms with E-state index in [-0.39, 0.29) is 18.3 Å². The summed E-state index contributed by atoms with van der Waals surface area (Å²) in [5.41, 5.74) is 0.768. The van der Waals surface area contributed by atoms with E-state index in [9.17, 15) is 4.79 Å². The number of benzene rings is 1. The quantitative estimate of drug-likeness (QED) is 0.912. The highest BCUT2D eigenvalue weighted by molar-refractivity contribution is 9.10. The largest absolute Gasteiger partial charge is 0.339 e. The number of hydrogen-bond acceptors (Lipinski definition) is 2. The fourth-order valence-electron chi connectivity index (χ4n) is 2.43. The minimum absolute atomic E-state index is 0. The van der Waals surface area contributed by atoms with Gasteiger partial charge in [-0.25, -0.2) is 0 Å². The smallest absolute Gasteiger partial charge is 0.254 e. The van der Waals surface area contributed by atoms with Gasteiger partial charge in [-0.3, -0.25) is 4.79 Å². The standard InChI is InChI=1S/C14H19BrN2O.ClH/c1-16-10-11-6-8-17(9-7-11)14(18)12-4-2-3-5-13(12)15;/h2-5,11,16H,6-10H2,1H3;1H. The number of nitrogens with zero attached hydrogens (tertiary/aromatic N) is 1. The molecule has 0 aromatic heterocycles. The highest BCUT2D eigenvalue weighted by Gasteiger charge is 2.24. The molecule has 3 nitrogen and oxygen atoms in total. The maximum atomic E-state index is 12.4. The molecule has 0 unspecified atom stereocenters. The van der Waals surface area contributed by atoms with Crippen molar-refractivity contribution in [2.75, 3.05) is 26.7 Å². The fourth-order valence-corrected chi connectivity index (χ4v) is 2.89. The number of likely N-dealkylation sites (tertiary alicyclic amines) is 1. The summed E-state index contributed by atoms with van der Waals surface area (Å²) in [5, 5.41) is 3.21. The zero-order valence-corrected chi connectivity index (χ0v) is 13.5. The van der Waals surface area contributed by atoms with Gasteiger partial charge in [-0.05, 0) is 60.4 Å². The van der Waals surface area contributed by atoms with Crippen molar-refractivity contribution >= 4 is 34.2 Å². The molecule has 0 radical (unpaired) electrons. The Kier molecular flexibility index (Phi) is 6.83. The van der Waals surface area contributed by atoms with Gasteiger partial charge in [-0.1, -0.05) is 12.1 Å². The first-order chi connectivity index (χ1) is 8.72. The number of halogens is 2. The van der Waals surface area contributed by atoms with Crippen LogP contribution in [-0.4, -0.2) is 37.5 Å². The monoisotopic (exact) mass is 346 g/mol. The number of carbonyl (C=O) groups excluding carboxylic acids is 1. The topological polar surface area (TPSA) is 32.3 Å². The third-order valence-corrected chi connectivity index (χ3v) is 4.19. The average molecular weight is 348 g/mol. The Balaban J connectivity index is 0.00000180. The van der Waals surface area contributed by atoms with Crippen LogP contribution in [0.3, 0.4) is 0 Å². The SMILES string of the molecule is CNCC1CCN(C(=O)c2ccccc2Br)CC1.Cl. The first kappa shape index (κ1) is 16.5. The Bertz CT molecular complexity index is 420. The summed E-state index contributed by atoms with van der Waals surface area (Å²) < 4.78 is 0.882. The van der Waals surface area contributed by atoms with Crippen LogP contribution in [-0.2, 0) is 0 Å². The predicted octanol–water partition coefficient (Wildman–Crippen LogP) is 2.94. The lowest BCUT2D eigenvalue weighted by Crippen LogP contribution is -2.40. The van der Waals surface area contributed by atoms with Gasteiger partial charge in [0.15, 0.2) is 0 Å². The summed E-state index contributed by atoms with van der Waals surface area (Å²) in [6, 6.07) is 7.64. The lowest BCUT2D eigenvalue weighted by atomic mass is 9.96. The molecule has 0 spiro atoms. The molecule has 5 heteroatoms. The number of rotatable bonds is 3. The van der Waals surface area contributed by atoms with Gasteiger partial charge in [-0.2, -0.15) is 0 Å². The molecule has 1 amide bonds. The molecule has 0 aliphatic carbocycles. The Morgan fingerprint density at radius 2 is 2.00 bits per heavy atom. The van der Waals surface area contributed by atoms with Crippen molar-refractivity contribution in [3.8, 4) is 0 Å². The molecule has 0 atom stereocenters. The van der Waals surface area contributed by atoms with Gasteiger partial charge in [0.1, 0.15) is 0 Å². The fraction of sp³-hybridized carbons (Fsp3) is 0.500. The highest BCUT2D eigenvalue weighted by Crippen LogP contribution is 2.22. The molecule has 1 aromatic rings. The van der Waals surface area contributed by atoms with E-state index in [2.05, 4.69) is 21.2 Å². The number of piperidine rings is 1. The van der Waals surface area contributed by atoms with Gasteiger partial charge < -0.3 is 10.2 Å². The van der Waals surface area contributed by atoms with Crippen LogP contribution >= 0.6 is 28.3 Å². The third-order valence-electron chi connectivity index (χ3n) is 3.50. The van der Waals surface area contributed by atoms with E-state index in [1.807, 2.05) is 36.2 Å². The summed E-state index contributed by atoms with van der Waals surface area (Å²) in [5.74, 6) is 0.851. The van der Waals surface area contributed by atoms with Crippen molar-refractivity contribution in [1.82, 2.24) is 10.2 Å². The van der Waals surface area contributed by atoms with Crippen LogP contribution in [0.2, 0.25) is 0 Å². The number of hydrogen-bond donors (Lipinski definition) is 1. The van der Waals surface area contributed by atoms with Crippen LogP contribution in [0, 0.1) is 5.92 Å². The molecule has 19 heavy (non-hydrogen) atoms. The normalized spacial score (nSPS) is 16.0. The average Bonchev–Trinajstić information content (AvgIpc) is 2.40. The molecule has 0 saturated carbocycles. The van der Waals surface area contributed by atoms with Gasteiger partial charge in [0, 0.05) is 17.6 Å². The van der Waals surface area contributed by atoms with Gasteiger partial charge in [0.05, 0.1) is 5.56 Å². The summed E-state index contributed by atoms with van der Waals surface area (Å²) in [4.78, 5) is 14.3. The minimum atomic E-state index is 0. The van der Waals surface area contributed by atoms with Crippen molar-refractivity contribution in [3.63, 3.8) is 0 Å². The van der Waals surface area contributed by atoms with E-state index < -0.39 is 0 Å².